The van der Waals surface area contributed by atoms with Crippen LogP contribution in [0.5, 0.6) is 0 Å². The molecule has 2 rings (SSSR count). The SMILES string of the molecule is CSc1nnc(N)n1CC(=O)N1CCOCC1. The molecule has 0 aromatic carbocycles. The van der Waals surface area contributed by atoms with Gasteiger partial charge in [0.25, 0.3) is 0 Å². The highest BCUT2D eigenvalue weighted by Gasteiger charge is 2.19. The molecule has 2 N–H and O–H groups in total. The van der Waals surface area contributed by atoms with Crippen LogP contribution in [0.1, 0.15) is 0 Å². The van der Waals surface area contributed by atoms with Gasteiger partial charge >= 0.3 is 0 Å². The van der Waals surface area contributed by atoms with Gasteiger partial charge in [0, 0.05) is 13.1 Å². The fourth-order valence-corrected chi connectivity index (χ4v) is 2.15. The monoisotopic (exact) mass is 257 g/mol. The summed E-state index contributed by atoms with van der Waals surface area (Å²) < 4.78 is 6.83. The molecule has 1 aliphatic rings. The first-order valence-electron chi connectivity index (χ1n) is 5.30. The topological polar surface area (TPSA) is 86.3 Å². The predicted molar refractivity (Wildman–Crippen MR) is 63.6 cm³/mol. The summed E-state index contributed by atoms with van der Waals surface area (Å²) in [6.45, 7) is 2.65. The molecule has 0 atom stereocenters. The van der Waals surface area contributed by atoms with Crippen molar-refractivity contribution in [1.29, 1.82) is 0 Å². The number of nitrogens with zero attached hydrogens (tertiary/aromatic N) is 4. The second-order valence-corrected chi connectivity index (χ2v) is 4.40. The standard InChI is InChI=1S/C9H15N5O2S/c1-17-9-12-11-8(10)14(9)6-7(15)13-2-4-16-5-3-13/h2-6H2,1H3,(H2,10,11). The first-order chi connectivity index (χ1) is 8.22. The van der Waals surface area contributed by atoms with Crippen LogP contribution in [0.4, 0.5) is 5.95 Å². The molecule has 17 heavy (non-hydrogen) atoms. The molecule has 0 unspecified atom stereocenters. The van der Waals surface area contributed by atoms with Gasteiger partial charge < -0.3 is 15.4 Å². The largest absolute Gasteiger partial charge is 0.378 e. The summed E-state index contributed by atoms with van der Waals surface area (Å²) in [6.07, 6.45) is 1.87. The van der Waals surface area contributed by atoms with E-state index in [1.165, 1.54) is 11.8 Å². The van der Waals surface area contributed by atoms with Crippen LogP contribution in [0.25, 0.3) is 0 Å². The molecule has 8 heteroatoms. The zero-order chi connectivity index (χ0) is 12.3. The van der Waals surface area contributed by atoms with Crippen molar-refractivity contribution in [3.8, 4) is 0 Å². The van der Waals surface area contributed by atoms with Gasteiger partial charge in [0.2, 0.25) is 11.9 Å². The number of nitrogens with two attached hydrogens (primary N) is 1. The van der Waals surface area contributed by atoms with Gasteiger partial charge in [-0.05, 0) is 6.26 Å². The number of aromatic nitrogens is 3. The Morgan fingerprint density at radius 3 is 2.82 bits per heavy atom. The maximum Gasteiger partial charge on any atom is 0.242 e. The molecule has 1 amide bonds. The fourth-order valence-electron chi connectivity index (χ4n) is 1.65. The average Bonchev–Trinajstić information content (AvgIpc) is 2.71. The first-order valence-corrected chi connectivity index (χ1v) is 6.53. The molecule has 1 aromatic heterocycles. The van der Waals surface area contributed by atoms with Crippen molar-refractivity contribution < 1.29 is 9.53 Å². The van der Waals surface area contributed by atoms with E-state index in [1.807, 2.05) is 6.26 Å². The molecule has 0 saturated carbocycles. The Bertz CT molecular complexity index is 402. The van der Waals surface area contributed by atoms with Crippen LogP contribution in [-0.2, 0) is 16.1 Å². The van der Waals surface area contributed by atoms with Gasteiger partial charge in [-0.25, -0.2) is 0 Å². The third-order valence-corrected chi connectivity index (χ3v) is 3.25. The van der Waals surface area contributed by atoms with Gasteiger partial charge in [-0.15, -0.1) is 10.2 Å². The van der Waals surface area contributed by atoms with Crippen molar-refractivity contribution in [3.63, 3.8) is 0 Å². The Labute approximate surface area is 103 Å². The predicted octanol–water partition coefficient (Wildman–Crippen LogP) is -0.559. The molecule has 7 nitrogen and oxygen atoms in total. The first kappa shape index (κ1) is 12.2. The summed E-state index contributed by atoms with van der Waals surface area (Å²) in [6, 6.07) is 0. The van der Waals surface area contributed by atoms with Crippen molar-refractivity contribution in [3.05, 3.63) is 0 Å². The van der Waals surface area contributed by atoms with Gasteiger partial charge in [-0.1, -0.05) is 11.8 Å². The Morgan fingerprint density at radius 2 is 2.18 bits per heavy atom. The zero-order valence-corrected chi connectivity index (χ0v) is 10.4. The summed E-state index contributed by atoms with van der Waals surface area (Å²) in [5.74, 6) is 0.297. The molecule has 0 bridgehead atoms. The van der Waals surface area contributed by atoms with Crippen molar-refractivity contribution >= 4 is 23.6 Å². The lowest BCUT2D eigenvalue weighted by Gasteiger charge is -2.27. The van der Waals surface area contributed by atoms with Gasteiger partial charge in [-0.3, -0.25) is 9.36 Å². The molecule has 1 aliphatic heterocycles. The van der Waals surface area contributed by atoms with Crippen LogP contribution in [0.2, 0.25) is 0 Å². The minimum atomic E-state index is 0.0232. The van der Waals surface area contributed by atoms with E-state index >= 15 is 0 Å². The van der Waals surface area contributed by atoms with E-state index < -0.39 is 0 Å². The average molecular weight is 257 g/mol. The molecular weight excluding hydrogens is 242 g/mol. The number of morpholine rings is 1. The maximum atomic E-state index is 12.0. The lowest BCUT2D eigenvalue weighted by atomic mass is 10.4. The zero-order valence-electron chi connectivity index (χ0n) is 9.63. The molecule has 0 aliphatic carbocycles. The van der Waals surface area contributed by atoms with Crippen LogP contribution >= 0.6 is 11.8 Å². The Balaban J connectivity index is 2.04. The van der Waals surface area contributed by atoms with Gasteiger partial charge in [-0.2, -0.15) is 0 Å². The molecule has 94 valence electrons. The second-order valence-electron chi connectivity index (χ2n) is 3.62. The van der Waals surface area contributed by atoms with Crippen LogP contribution in [0.3, 0.4) is 0 Å². The number of rotatable bonds is 3. The van der Waals surface area contributed by atoms with Gasteiger partial charge in [0.1, 0.15) is 6.54 Å². The van der Waals surface area contributed by atoms with Gasteiger partial charge in [0.15, 0.2) is 5.16 Å². The molecular formula is C9H15N5O2S. The van der Waals surface area contributed by atoms with E-state index in [4.69, 9.17) is 10.5 Å². The minimum absolute atomic E-state index is 0.0232. The number of amides is 1. The highest BCUT2D eigenvalue weighted by Crippen LogP contribution is 2.15. The summed E-state index contributed by atoms with van der Waals surface area (Å²) in [4.78, 5) is 13.8. The normalized spacial score (nSPS) is 16.2. The third-order valence-electron chi connectivity index (χ3n) is 2.59. The number of thioether (sulfide) groups is 1. The van der Waals surface area contributed by atoms with E-state index in [0.717, 1.165) is 0 Å². The number of carbonyl (C=O) groups excluding carboxylic acids is 1. The van der Waals surface area contributed by atoms with Crippen molar-refractivity contribution in [2.45, 2.75) is 11.7 Å². The van der Waals surface area contributed by atoms with Crippen LogP contribution in [0.15, 0.2) is 5.16 Å². The van der Waals surface area contributed by atoms with Crippen LogP contribution in [0, 0.1) is 0 Å². The number of hydrogen-bond donors (Lipinski definition) is 1. The lowest BCUT2D eigenvalue weighted by Crippen LogP contribution is -2.42. The summed E-state index contributed by atoms with van der Waals surface area (Å²) >= 11 is 1.42. The molecule has 0 radical (unpaired) electrons. The van der Waals surface area contributed by atoms with Gasteiger partial charge in [0.05, 0.1) is 13.2 Å². The molecule has 1 fully saturated rings. The third kappa shape index (κ3) is 2.70. The Morgan fingerprint density at radius 1 is 1.47 bits per heavy atom. The van der Waals surface area contributed by atoms with E-state index in [0.29, 0.717) is 31.5 Å². The van der Waals surface area contributed by atoms with E-state index in [2.05, 4.69) is 10.2 Å². The van der Waals surface area contributed by atoms with Crippen molar-refractivity contribution in [1.82, 2.24) is 19.7 Å². The number of anilines is 1. The number of ether oxygens (including phenoxy) is 1. The van der Waals surface area contributed by atoms with E-state index in [-0.39, 0.29) is 18.4 Å². The smallest absolute Gasteiger partial charge is 0.242 e. The molecule has 1 saturated heterocycles. The van der Waals surface area contributed by atoms with Crippen LogP contribution < -0.4 is 5.73 Å². The maximum absolute atomic E-state index is 12.0. The van der Waals surface area contributed by atoms with E-state index in [9.17, 15) is 4.79 Å². The fraction of sp³-hybridized carbons (Fsp3) is 0.667. The summed E-state index contributed by atoms with van der Waals surface area (Å²) in [5.41, 5.74) is 5.68. The summed E-state index contributed by atoms with van der Waals surface area (Å²) in [5, 5.41) is 8.30. The lowest BCUT2D eigenvalue weighted by molar-refractivity contribution is -0.136. The number of carbonyl (C=O) groups is 1. The number of nitrogen functional groups attached to an aromatic ring is 1. The minimum Gasteiger partial charge on any atom is -0.378 e. The molecule has 0 spiro atoms. The van der Waals surface area contributed by atoms with E-state index in [1.54, 1.807) is 9.47 Å². The van der Waals surface area contributed by atoms with Crippen molar-refractivity contribution in [2.75, 3.05) is 38.3 Å². The molecule has 2 heterocycles. The highest BCUT2D eigenvalue weighted by molar-refractivity contribution is 7.98. The Kier molecular flexibility index (Phi) is 3.85. The Hall–Kier alpha value is -1.28. The second kappa shape index (κ2) is 5.37. The summed E-state index contributed by atoms with van der Waals surface area (Å²) in [7, 11) is 0. The van der Waals surface area contributed by atoms with Crippen LogP contribution in [-0.4, -0.2) is 58.1 Å². The highest BCUT2D eigenvalue weighted by atomic mass is 32.2. The number of hydrogen-bond acceptors (Lipinski definition) is 6. The van der Waals surface area contributed by atoms with Crippen molar-refractivity contribution in [2.24, 2.45) is 0 Å². The molecule has 1 aromatic rings. The quantitative estimate of drug-likeness (QED) is 0.731.